The molecule has 0 aromatic heterocycles. The maximum atomic E-state index is 12.9. The molecule has 2 rings (SSSR count). The zero-order chi connectivity index (χ0) is 18.8. The SMILES string of the molecule is Cc1cccc(C(=O)N(NC(=O)c2cccc(Cl)c2Cl)C(C)(C)C)c1. The third-order valence-corrected chi connectivity index (χ3v) is 4.37. The van der Waals surface area contributed by atoms with E-state index >= 15 is 0 Å². The van der Waals surface area contributed by atoms with Crippen LogP contribution in [0.4, 0.5) is 0 Å². The first-order valence-electron chi connectivity index (χ1n) is 7.77. The molecule has 0 heterocycles. The fourth-order valence-electron chi connectivity index (χ4n) is 2.27. The second kappa shape index (κ2) is 7.46. The first-order chi connectivity index (χ1) is 11.6. The van der Waals surface area contributed by atoms with Gasteiger partial charge in [0.15, 0.2) is 0 Å². The Labute approximate surface area is 157 Å². The van der Waals surface area contributed by atoms with Crippen molar-refractivity contribution in [2.75, 3.05) is 0 Å². The van der Waals surface area contributed by atoms with Crippen molar-refractivity contribution >= 4 is 35.0 Å². The fraction of sp³-hybridized carbons (Fsp3) is 0.263. The second-order valence-electron chi connectivity index (χ2n) is 6.72. The zero-order valence-electron chi connectivity index (χ0n) is 14.6. The van der Waals surface area contributed by atoms with E-state index in [1.165, 1.54) is 5.01 Å². The van der Waals surface area contributed by atoms with Crippen molar-refractivity contribution in [1.29, 1.82) is 0 Å². The van der Waals surface area contributed by atoms with E-state index in [1.807, 2.05) is 33.8 Å². The van der Waals surface area contributed by atoms with Gasteiger partial charge in [0, 0.05) is 5.56 Å². The Morgan fingerprint density at radius 3 is 2.28 bits per heavy atom. The number of hydrazine groups is 1. The van der Waals surface area contributed by atoms with Crippen LogP contribution < -0.4 is 5.43 Å². The van der Waals surface area contributed by atoms with Gasteiger partial charge >= 0.3 is 0 Å². The van der Waals surface area contributed by atoms with Gasteiger partial charge in [0.1, 0.15) is 0 Å². The minimum absolute atomic E-state index is 0.151. The van der Waals surface area contributed by atoms with Crippen LogP contribution in [0.15, 0.2) is 42.5 Å². The average molecular weight is 379 g/mol. The molecule has 0 fully saturated rings. The van der Waals surface area contributed by atoms with Crippen molar-refractivity contribution in [2.45, 2.75) is 33.2 Å². The third-order valence-electron chi connectivity index (χ3n) is 3.55. The predicted molar refractivity (Wildman–Crippen MR) is 101 cm³/mol. The lowest BCUT2D eigenvalue weighted by atomic mass is 10.1. The van der Waals surface area contributed by atoms with Crippen LogP contribution in [0.25, 0.3) is 0 Å². The highest BCUT2D eigenvalue weighted by atomic mass is 35.5. The van der Waals surface area contributed by atoms with Gasteiger partial charge in [-0.2, -0.15) is 0 Å². The summed E-state index contributed by atoms with van der Waals surface area (Å²) in [6.45, 7) is 7.41. The van der Waals surface area contributed by atoms with Gasteiger partial charge in [0.25, 0.3) is 11.8 Å². The summed E-state index contributed by atoms with van der Waals surface area (Å²) < 4.78 is 0. The van der Waals surface area contributed by atoms with Gasteiger partial charge in [-0.1, -0.05) is 47.0 Å². The van der Waals surface area contributed by atoms with E-state index in [2.05, 4.69) is 5.43 Å². The molecule has 132 valence electrons. The normalized spacial score (nSPS) is 11.1. The predicted octanol–water partition coefficient (Wildman–Crippen LogP) is 4.89. The summed E-state index contributed by atoms with van der Waals surface area (Å²) in [6.07, 6.45) is 0. The Balaban J connectivity index is 2.34. The van der Waals surface area contributed by atoms with Crippen LogP contribution in [0, 0.1) is 6.92 Å². The lowest BCUT2D eigenvalue weighted by Gasteiger charge is -2.35. The maximum Gasteiger partial charge on any atom is 0.272 e. The highest BCUT2D eigenvalue weighted by Crippen LogP contribution is 2.26. The molecule has 0 aliphatic heterocycles. The number of rotatable bonds is 2. The number of halogens is 2. The number of carbonyl (C=O) groups is 2. The van der Waals surface area contributed by atoms with Crippen molar-refractivity contribution in [2.24, 2.45) is 0 Å². The van der Waals surface area contributed by atoms with Crippen LogP contribution in [-0.4, -0.2) is 22.4 Å². The molecule has 25 heavy (non-hydrogen) atoms. The lowest BCUT2D eigenvalue weighted by molar-refractivity contribution is 0.0358. The molecule has 2 aromatic carbocycles. The Morgan fingerprint density at radius 2 is 1.68 bits per heavy atom. The summed E-state index contributed by atoms with van der Waals surface area (Å²) in [4.78, 5) is 25.5. The molecule has 0 aliphatic rings. The first kappa shape index (κ1) is 19.3. The first-order valence-corrected chi connectivity index (χ1v) is 8.53. The molecule has 0 bridgehead atoms. The molecule has 0 unspecified atom stereocenters. The molecule has 0 radical (unpaired) electrons. The van der Waals surface area contributed by atoms with Crippen LogP contribution in [0.1, 0.15) is 47.1 Å². The number of carbonyl (C=O) groups excluding carboxylic acids is 2. The summed E-state index contributed by atoms with van der Waals surface area (Å²) in [5.41, 5.74) is 3.69. The van der Waals surface area contributed by atoms with Crippen LogP contribution >= 0.6 is 23.2 Å². The van der Waals surface area contributed by atoms with Crippen LogP contribution in [0.5, 0.6) is 0 Å². The summed E-state index contributed by atoms with van der Waals surface area (Å²) >= 11 is 12.1. The van der Waals surface area contributed by atoms with Crippen LogP contribution in [0.3, 0.4) is 0 Å². The van der Waals surface area contributed by atoms with E-state index < -0.39 is 11.4 Å². The summed E-state index contributed by atoms with van der Waals surface area (Å²) in [5.74, 6) is -0.800. The summed E-state index contributed by atoms with van der Waals surface area (Å²) in [7, 11) is 0. The number of hydrogen-bond acceptors (Lipinski definition) is 2. The minimum Gasteiger partial charge on any atom is -0.267 e. The van der Waals surface area contributed by atoms with Crippen molar-refractivity contribution < 1.29 is 9.59 Å². The Bertz CT molecular complexity index is 813. The summed E-state index contributed by atoms with van der Waals surface area (Å²) in [5, 5.41) is 1.74. The highest BCUT2D eigenvalue weighted by molar-refractivity contribution is 6.43. The lowest BCUT2D eigenvalue weighted by Crippen LogP contribution is -2.55. The number of nitrogens with one attached hydrogen (secondary N) is 1. The molecular formula is C19H20Cl2N2O2. The molecule has 0 atom stereocenters. The fourth-order valence-corrected chi connectivity index (χ4v) is 2.66. The molecule has 0 spiro atoms. The number of nitrogens with zero attached hydrogens (tertiary/aromatic N) is 1. The average Bonchev–Trinajstić information content (AvgIpc) is 2.53. The second-order valence-corrected chi connectivity index (χ2v) is 7.51. The highest BCUT2D eigenvalue weighted by Gasteiger charge is 2.30. The van der Waals surface area contributed by atoms with Gasteiger partial charge in [0.05, 0.1) is 21.1 Å². The van der Waals surface area contributed by atoms with E-state index in [0.29, 0.717) is 5.56 Å². The van der Waals surface area contributed by atoms with Crippen molar-refractivity contribution in [3.63, 3.8) is 0 Å². The molecule has 4 nitrogen and oxygen atoms in total. The molecular weight excluding hydrogens is 359 g/mol. The number of amides is 2. The minimum atomic E-state index is -0.637. The smallest absolute Gasteiger partial charge is 0.267 e. The molecule has 2 amide bonds. The third kappa shape index (κ3) is 4.53. The number of aryl methyl sites for hydroxylation is 1. The van der Waals surface area contributed by atoms with Gasteiger partial charge in [0.2, 0.25) is 0 Å². The Kier molecular flexibility index (Phi) is 5.76. The number of hydrogen-bond donors (Lipinski definition) is 1. The molecule has 6 heteroatoms. The summed E-state index contributed by atoms with van der Waals surface area (Å²) in [6, 6.07) is 12.0. The largest absolute Gasteiger partial charge is 0.272 e. The van der Waals surface area contributed by atoms with Crippen LogP contribution in [-0.2, 0) is 0 Å². The quantitative estimate of drug-likeness (QED) is 0.756. The zero-order valence-corrected chi connectivity index (χ0v) is 16.1. The van der Waals surface area contributed by atoms with E-state index in [4.69, 9.17) is 23.2 Å². The molecule has 0 saturated heterocycles. The molecule has 0 aliphatic carbocycles. The van der Waals surface area contributed by atoms with Gasteiger partial charge in [-0.25, -0.2) is 5.01 Å². The van der Waals surface area contributed by atoms with E-state index in [9.17, 15) is 9.59 Å². The monoisotopic (exact) mass is 378 g/mol. The maximum absolute atomic E-state index is 12.9. The Hall–Kier alpha value is -2.04. The van der Waals surface area contributed by atoms with E-state index in [1.54, 1.807) is 36.4 Å². The van der Waals surface area contributed by atoms with Crippen molar-refractivity contribution in [3.8, 4) is 0 Å². The molecule has 2 aromatic rings. The Morgan fingerprint density at radius 1 is 1.04 bits per heavy atom. The number of benzene rings is 2. The van der Waals surface area contributed by atoms with Crippen molar-refractivity contribution in [3.05, 3.63) is 69.2 Å². The topological polar surface area (TPSA) is 49.4 Å². The van der Waals surface area contributed by atoms with E-state index in [0.717, 1.165) is 5.56 Å². The van der Waals surface area contributed by atoms with Gasteiger partial charge in [-0.05, 0) is 52.0 Å². The van der Waals surface area contributed by atoms with Gasteiger partial charge in [-0.15, -0.1) is 0 Å². The van der Waals surface area contributed by atoms with Crippen molar-refractivity contribution in [1.82, 2.24) is 10.4 Å². The standard InChI is InChI=1S/C19H20Cl2N2O2/c1-12-7-5-8-13(11-12)18(25)23(19(2,3)4)22-17(24)14-9-6-10-15(20)16(14)21/h5-11H,1-4H3,(H,22,24). The van der Waals surface area contributed by atoms with Crippen LogP contribution in [0.2, 0.25) is 10.0 Å². The van der Waals surface area contributed by atoms with E-state index in [-0.39, 0.29) is 21.5 Å². The molecule has 1 N–H and O–H groups in total. The molecule has 0 saturated carbocycles. The van der Waals surface area contributed by atoms with Gasteiger partial charge in [-0.3, -0.25) is 15.0 Å². The van der Waals surface area contributed by atoms with Gasteiger partial charge < -0.3 is 0 Å².